The molecule has 0 spiro atoms. The van der Waals surface area contributed by atoms with Crippen LogP contribution in [0.1, 0.15) is 17.0 Å². The number of aromatic nitrogens is 2. The van der Waals surface area contributed by atoms with Crippen LogP contribution in [0, 0.1) is 5.82 Å². The zero-order chi connectivity index (χ0) is 17.1. The highest BCUT2D eigenvalue weighted by Gasteiger charge is 2.16. The molecule has 1 aromatic heterocycles. The lowest BCUT2D eigenvalue weighted by Gasteiger charge is -2.20. The molecule has 2 aromatic carbocycles. The van der Waals surface area contributed by atoms with Crippen LogP contribution >= 0.6 is 0 Å². The van der Waals surface area contributed by atoms with Crippen LogP contribution in [0.3, 0.4) is 0 Å². The van der Waals surface area contributed by atoms with E-state index in [0.717, 1.165) is 22.6 Å². The third kappa shape index (κ3) is 3.55. The Balaban J connectivity index is 1.41. The normalized spacial score (nSPS) is 12.8. The van der Waals surface area contributed by atoms with Gasteiger partial charge in [0.05, 0.1) is 6.42 Å². The Morgan fingerprint density at radius 3 is 2.72 bits per heavy atom. The summed E-state index contributed by atoms with van der Waals surface area (Å²) in [7, 11) is 0. The van der Waals surface area contributed by atoms with Crippen molar-refractivity contribution in [1.29, 1.82) is 0 Å². The molecule has 0 fully saturated rings. The Bertz CT molecular complexity index is 864. The fraction of sp³-hybridized carbons (Fsp3) is 0.222. The molecule has 0 atom stereocenters. The molecule has 0 saturated heterocycles. The minimum Gasteiger partial charge on any atom is -0.486 e. The van der Waals surface area contributed by atoms with Gasteiger partial charge in [0.25, 0.3) is 0 Å². The van der Waals surface area contributed by atoms with Gasteiger partial charge in [-0.25, -0.2) is 4.39 Å². The Morgan fingerprint density at radius 1 is 1.00 bits per heavy atom. The predicted molar refractivity (Wildman–Crippen MR) is 88.3 cm³/mol. The quantitative estimate of drug-likeness (QED) is 0.769. The van der Waals surface area contributed by atoms with Gasteiger partial charge in [-0.3, -0.25) is 0 Å². The van der Waals surface area contributed by atoms with Gasteiger partial charge in [0.1, 0.15) is 19.0 Å². The first kappa shape index (κ1) is 15.4. The number of hydrogen-bond acceptors (Lipinski definition) is 6. The largest absolute Gasteiger partial charge is 0.486 e. The maximum atomic E-state index is 12.9. The minimum atomic E-state index is -0.269. The van der Waals surface area contributed by atoms with Crippen molar-refractivity contribution in [2.45, 2.75) is 13.0 Å². The van der Waals surface area contributed by atoms with E-state index < -0.39 is 0 Å². The summed E-state index contributed by atoms with van der Waals surface area (Å²) >= 11 is 0. The second-order valence-corrected chi connectivity index (χ2v) is 5.60. The number of fused-ring (bicyclic) bond motifs is 1. The smallest absolute Gasteiger partial charge is 0.315 e. The Hall–Kier alpha value is -3.09. The molecule has 0 saturated carbocycles. The van der Waals surface area contributed by atoms with Gasteiger partial charge in [-0.2, -0.15) is 0 Å². The molecule has 6 nitrogen and oxygen atoms in total. The fourth-order valence-electron chi connectivity index (χ4n) is 2.62. The standard InChI is InChI=1S/C18H16FN3O3/c19-14-6-4-12(5-7-14)10-16-21-22-18(25-16)20-11-13-2-1-3-15-17(13)24-9-8-23-15/h1-7H,8-11H2,(H,20,22). The van der Waals surface area contributed by atoms with Crippen LogP contribution in [0.4, 0.5) is 10.4 Å². The van der Waals surface area contributed by atoms with Crippen molar-refractivity contribution in [2.24, 2.45) is 0 Å². The number of ether oxygens (including phenoxy) is 2. The summed E-state index contributed by atoms with van der Waals surface area (Å²) in [6.07, 6.45) is 0.451. The minimum absolute atomic E-state index is 0.269. The topological polar surface area (TPSA) is 69.4 Å². The van der Waals surface area contributed by atoms with Crippen molar-refractivity contribution >= 4 is 6.01 Å². The summed E-state index contributed by atoms with van der Waals surface area (Å²) < 4.78 is 29.8. The number of rotatable bonds is 5. The molecule has 0 unspecified atom stereocenters. The second kappa shape index (κ2) is 6.80. The first-order chi connectivity index (χ1) is 12.3. The van der Waals surface area contributed by atoms with Gasteiger partial charge in [0.2, 0.25) is 5.89 Å². The first-order valence-corrected chi connectivity index (χ1v) is 7.96. The Kier molecular flexibility index (Phi) is 4.20. The summed E-state index contributed by atoms with van der Waals surface area (Å²) in [5, 5.41) is 11.1. The molecule has 0 aliphatic carbocycles. The van der Waals surface area contributed by atoms with E-state index in [9.17, 15) is 4.39 Å². The lowest BCUT2D eigenvalue weighted by molar-refractivity contribution is 0.170. The van der Waals surface area contributed by atoms with Crippen LogP contribution in [0.25, 0.3) is 0 Å². The van der Waals surface area contributed by atoms with Gasteiger partial charge >= 0.3 is 6.01 Å². The van der Waals surface area contributed by atoms with E-state index in [4.69, 9.17) is 13.9 Å². The maximum absolute atomic E-state index is 12.9. The van der Waals surface area contributed by atoms with Crippen LogP contribution in [-0.4, -0.2) is 23.4 Å². The van der Waals surface area contributed by atoms with Crippen molar-refractivity contribution in [3.63, 3.8) is 0 Å². The summed E-state index contributed by atoms with van der Waals surface area (Å²) in [4.78, 5) is 0. The molecular formula is C18H16FN3O3. The number of halogens is 1. The first-order valence-electron chi connectivity index (χ1n) is 7.96. The molecule has 2 heterocycles. The van der Waals surface area contributed by atoms with E-state index in [0.29, 0.717) is 38.1 Å². The van der Waals surface area contributed by atoms with Crippen LogP contribution in [-0.2, 0) is 13.0 Å². The highest BCUT2D eigenvalue weighted by molar-refractivity contribution is 5.48. The monoisotopic (exact) mass is 341 g/mol. The van der Waals surface area contributed by atoms with Gasteiger partial charge in [-0.1, -0.05) is 29.4 Å². The van der Waals surface area contributed by atoms with Crippen LogP contribution < -0.4 is 14.8 Å². The van der Waals surface area contributed by atoms with E-state index >= 15 is 0 Å². The lowest BCUT2D eigenvalue weighted by atomic mass is 10.1. The molecule has 1 aliphatic heterocycles. The maximum Gasteiger partial charge on any atom is 0.315 e. The summed E-state index contributed by atoms with van der Waals surface area (Å²) in [6, 6.07) is 12.3. The molecule has 0 bridgehead atoms. The molecule has 128 valence electrons. The van der Waals surface area contributed by atoms with Crippen molar-refractivity contribution < 1.29 is 18.3 Å². The molecule has 3 aromatic rings. The van der Waals surface area contributed by atoms with E-state index in [1.807, 2.05) is 18.2 Å². The average molecular weight is 341 g/mol. The molecule has 4 rings (SSSR count). The third-order valence-electron chi connectivity index (χ3n) is 3.81. The molecule has 7 heteroatoms. The molecular weight excluding hydrogens is 325 g/mol. The number of hydrogen-bond donors (Lipinski definition) is 1. The number of para-hydroxylation sites is 1. The zero-order valence-corrected chi connectivity index (χ0v) is 13.4. The number of benzene rings is 2. The van der Waals surface area contributed by atoms with Crippen molar-refractivity contribution in [2.75, 3.05) is 18.5 Å². The van der Waals surface area contributed by atoms with Gasteiger partial charge in [-0.05, 0) is 23.8 Å². The Labute approximate surface area is 143 Å². The van der Waals surface area contributed by atoms with Crippen LogP contribution in [0.2, 0.25) is 0 Å². The van der Waals surface area contributed by atoms with Gasteiger partial charge in [0, 0.05) is 12.1 Å². The number of nitrogens with one attached hydrogen (secondary N) is 1. The predicted octanol–water partition coefficient (Wildman–Crippen LogP) is 3.18. The van der Waals surface area contributed by atoms with Crippen molar-refractivity contribution in [1.82, 2.24) is 10.2 Å². The zero-order valence-electron chi connectivity index (χ0n) is 13.4. The van der Waals surface area contributed by atoms with E-state index in [2.05, 4.69) is 15.5 Å². The van der Waals surface area contributed by atoms with Crippen LogP contribution in [0.5, 0.6) is 11.5 Å². The molecule has 0 radical (unpaired) electrons. The molecule has 0 amide bonds. The fourth-order valence-corrected chi connectivity index (χ4v) is 2.62. The summed E-state index contributed by atoms with van der Waals surface area (Å²) in [5.41, 5.74) is 1.86. The van der Waals surface area contributed by atoms with Gasteiger partial charge < -0.3 is 19.2 Å². The van der Waals surface area contributed by atoms with E-state index in [1.165, 1.54) is 12.1 Å². The van der Waals surface area contributed by atoms with Crippen molar-refractivity contribution in [3.05, 3.63) is 65.3 Å². The number of nitrogens with zero attached hydrogens (tertiary/aromatic N) is 2. The SMILES string of the molecule is Fc1ccc(Cc2nnc(NCc3cccc4c3OCCO4)o2)cc1. The Morgan fingerprint density at radius 2 is 1.84 bits per heavy atom. The summed E-state index contributed by atoms with van der Waals surface area (Å²) in [5.74, 6) is 1.68. The van der Waals surface area contributed by atoms with E-state index in [-0.39, 0.29) is 5.82 Å². The highest BCUT2D eigenvalue weighted by Crippen LogP contribution is 2.33. The van der Waals surface area contributed by atoms with Crippen molar-refractivity contribution in [3.8, 4) is 11.5 Å². The second-order valence-electron chi connectivity index (χ2n) is 5.60. The van der Waals surface area contributed by atoms with E-state index in [1.54, 1.807) is 12.1 Å². The average Bonchev–Trinajstić information content (AvgIpc) is 3.09. The van der Waals surface area contributed by atoms with Crippen LogP contribution in [0.15, 0.2) is 46.9 Å². The molecule has 1 N–H and O–H groups in total. The number of anilines is 1. The molecule has 1 aliphatic rings. The highest BCUT2D eigenvalue weighted by atomic mass is 19.1. The summed E-state index contributed by atoms with van der Waals surface area (Å²) in [6.45, 7) is 1.57. The van der Waals surface area contributed by atoms with Gasteiger partial charge in [-0.15, -0.1) is 5.10 Å². The lowest BCUT2D eigenvalue weighted by Crippen LogP contribution is -2.17. The third-order valence-corrected chi connectivity index (χ3v) is 3.81. The molecule has 25 heavy (non-hydrogen) atoms. The van der Waals surface area contributed by atoms with Gasteiger partial charge in [0.15, 0.2) is 11.5 Å².